The second kappa shape index (κ2) is 22.3. The van der Waals surface area contributed by atoms with Gasteiger partial charge in [0.1, 0.15) is 30.2 Å². The zero-order chi connectivity index (χ0) is 43.6. The van der Waals surface area contributed by atoms with Gasteiger partial charge in [0, 0.05) is 39.0 Å². The quantitative estimate of drug-likeness (QED) is 0.159. The largest absolute Gasteiger partial charge is 0.456 e. The number of cyclic esters (lactones) is 1. The number of carbonyl (C=O) groups is 4. The Morgan fingerprint density at radius 1 is 0.983 bits per heavy atom. The predicted molar refractivity (Wildman–Crippen MR) is 221 cm³/mol. The molecule has 3 aliphatic heterocycles. The summed E-state index contributed by atoms with van der Waals surface area (Å²) in [6, 6.07) is -1.09. The SMILES string of the molecule is CC=CCOC1CC(C=C(C)C2OC(=O)C3CCCCN3C(=O)C(=O)C3(O)OC(C(OC)CC(C)C(F)C(C)=CC(CC)C(=O)CCC2C)C(OC)CC3C)CCC1O. The lowest BCUT2D eigenvalue weighted by atomic mass is 9.81. The van der Waals surface area contributed by atoms with Crippen molar-refractivity contribution in [2.75, 3.05) is 27.4 Å². The van der Waals surface area contributed by atoms with Crippen molar-refractivity contribution in [1.29, 1.82) is 0 Å². The van der Waals surface area contributed by atoms with Gasteiger partial charge >= 0.3 is 5.97 Å². The number of allylic oxidation sites excluding steroid dienone is 4. The molecular weight excluding hydrogens is 761 g/mol. The highest BCUT2D eigenvalue weighted by Gasteiger charge is 2.56. The van der Waals surface area contributed by atoms with Crippen LogP contribution in [0.2, 0.25) is 0 Å². The van der Waals surface area contributed by atoms with E-state index in [0.29, 0.717) is 57.1 Å². The number of hydrogen-bond acceptors (Lipinski definition) is 11. The molecule has 12 nitrogen and oxygen atoms in total. The van der Waals surface area contributed by atoms with Gasteiger partial charge in [-0.2, -0.15) is 0 Å². The predicted octanol–water partition coefficient (Wildman–Crippen LogP) is 6.40. The summed E-state index contributed by atoms with van der Waals surface area (Å²) in [7, 11) is 2.92. The van der Waals surface area contributed by atoms with Crippen LogP contribution in [0.1, 0.15) is 119 Å². The molecule has 0 spiro atoms. The van der Waals surface area contributed by atoms with Gasteiger partial charge < -0.3 is 38.8 Å². The van der Waals surface area contributed by atoms with Gasteiger partial charge in [-0.05, 0) is 114 Å². The maximum atomic E-state index is 16.2. The van der Waals surface area contributed by atoms with Gasteiger partial charge in [0.15, 0.2) is 0 Å². The first-order chi connectivity index (χ1) is 28.0. The summed E-state index contributed by atoms with van der Waals surface area (Å²) in [5.74, 6) is -7.83. The Hall–Kier alpha value is -2.81. The van der Waals surface area contributed by atoms with E-state index in [-0.39, 0.29) is 56.0 Å². The molecule has 14 unspecified atom stereocenters. The maximum absolute atomic E-state index is 16.2. The molecule has 2 bridgehead atoms. The summed E-state index contributed by atoms with van der Waals surface area (Å²) in [6.07, 6.45) is 6.46. The van der Waals surface area contributed by atoms with Crippen LogP contribution in [0, 0.1) is 29.6 Å². The number of ether oxygens (including phenoxy) is 5. The molecule has 14 atom stereocenters. The molecule has 3 fully saturated rings. The van der Waals surface area contributed by atoms with Crippen LogP contribution in [0.4, 0.5) is 4.39 Å². The monoisotopic (exact) mass is 834 g/mol. The molecule has 0 radical (unpaired) electrons. The van der Waals surface area contributed by atoms with Crippen LogP contribution in [0.25, 0.3) is 0 Å². The van der Waals surface area contributed by atoms with E-state index in [2.05, 4.69) is 6.08 Å². The molecule has 2 N–H and O–H groups in total. The van der Waals surface area contributed by atoms with Crippen molar-refractivity contribution in [3.63, 3.8) is 0 Å². The number of amides is 1. The van der Waals surface area contributed by atoms with Gasteiger partial charge in [0.05, 0.1) is 31.0 Å². The third kappa shape index (κ3) is 12.0. The Bertz CT molecular complexity index is 1530. The zero-order valence-corrected chi connectivity index (χ0v) is 36.9. The van der Waals surface area contributed by atoms with Gasteiger partial charge in [-0.15, -0.1) is 0 Å². The van der Waals surface area contributed by atoms with Crippen LogP contribution >= 0.6 is 0 Å². The number of carbonyl (C=O) groups excluding carboxylic acids is 4. The van der Waals surface area contributed by atoms with Crippen LogP contribution in [0.3, 0.4) is 0 Å². The molecule has 4 rings (SSSR count). The van der Waals surface area contributed by atoms with E-state index in [1.54, 1.807) is 26.8 Å². The highest BCUT2D eigenvalue weighted by molar-refractivity contribution is 6.39. The number of aliphatic hydroxyl groups is 2. The Kier molecular flexibility index (Phi) is 18.5. The highest BCUT2D eigenvalue weighted by atomic mass is 19.1. The van der Waals surface area contributed by atoms with E-state index in [0.717, 1.165) is 5.57 Å². The number of fused-ring (bicyclic) bond motifs is 3. The summed E-state index contributed by atoms with van der Waals surface area (Å²) in [6.45, 7) is 13.1. The molecule has 1 aliphatic carbocycles. The summed E-state index contributed by atoms with van der Waals surface area (Å²) < 4.78 is 46.3. The van der Waals surface area contributed by atoms with Gasteiger partial charge in [-0.25, -0.2) is 9.18 Å². The topological polar surface area (TPSA) is 158 Å². The van der Waals surface area contributed by atoms with Crippen LogP contribution in [-0.2, 0) is 42.9 Å². The van der Waals surface area contributed by atoms with Crippen LogP contribution in [0.5, 0.6) is 0 Å². The van der Waals surface area contributed by atoms with Gasteiger partial charge in [0.25, 0.3) is 11.7 Å². The minimum atomic E-state index is -2.57. The highest BCUT2D eigenvalue weighted by Crippen LogP contribution is 2.39. The molecule has 0 aromatic carbocycles. The average Bonchev–Trinajstić information content (AvgIpc) is 3.23. The molecular formula is C46H72FNO11. The third-order valence-corrected chi connectivity index (χ3v) is 13.3. The number of nitrogens with zero attached hydrogens (tertiary/aromatic N) is 1. The molecule has 4 aliphatic rings. The summed E-state index contributed by atoms with van der Waals surface area (Å²) >= 11 is 0. The first-order valence-corrected chi connectivity index (χ1v) is 22.0. The normalized spacial score (nSPS) is 39.3. The maximum Gasteiger partial charge on any atom is 0.329 e. The molecule has 1 saturated carbocycles. The number of halogens is 1. The van der Waals surface area contributed by atoms with E-state index in [1.165, 1.54) is 19.1 Å². The minimum absolute atomic E-state index is 0.0307. The van der Waals surface area contributed by atoms with Gasteiger partial charge in [0.2, 0.25) is 5.79 Å². The van der Waals surface area contributed by atoms with Crippen LogP contribution in [-0.4, -0.2) is 121 Å². The van der Waals surface area contributed by atoms with Crippen molar-refractivity contribution in [3.8, 4) is 0 Å². The molecule has 0 aromatic heterocycles. The average molecular weight is 834 g/mol. The van der Waals surface area contributed by atoms with E-state index in [1.807, 2.05) is 39.8 Å². The van der Waals surface area contributed by atoms with Gasteiger partial charge in [-0.1, -0.05) is 52.0 Å². The molecule has 59 heavy (non-hydrogen) atoms. The van der Waals surface area contributed by atoms with Crippen LogP contribution in [0.15, 0.2) is 35.5 Å². The Morgan fingerprint density at radius 2 is 1.68 bits per heavy atom. The molecule has 334 valence electrons. The lowest BCUT2D eigenvalue weighted by molar-refractivity contribution is -0.302. The van der Waals surface area contributed by atoms with Crippen molar-refractivity contribution in [2.24, 2.45) is 29.6 Å². The lowest BCUT2D eigenvalue weighted by Crippen LogP contribution is -2.64. The fraction of sp³-hybridized carbons (Fsp3) is 0.783. The molecule has 2 saturated heterocycles. The van der Waals surface area contributed by atoms with E-state index >= 15 is 4.39 Å². The number of hydrogen-bond donors (Lipinski definition) is 2. The second-order valence-electron chi connectivity index (χ2n) is 17.7. The smallest absolute Gasteiger partial charge is 0.329 e. The van der Waals surface area contributed by atoms with Crippen molar-refractivity contribution < 1.29 is 57.5 Å². The molecule has 1 amide bonds. The Morgan fingerprint density at radius 3 is 2.34 bits per heavy atom. The fourth-order valence-electron chi connectivity index (χ4n) is 9.50. The van der Waals surface area contributed by atoms with Crippen LogP contribution < -0.4 is 0 Å². The molecule has 13 heteroatoms. The number of rotatable bonds is 8. The standard InChI is InChI=1S/C46H72FNO11/c1-10-12-21-57-37-26-32(17-19-36(37)50)22-30(6)41-27(3)16-18-35(49)33(11-2)23-28(4)40(47)29(5)24-38(55-8)42-39(56-9)25-31(7)46(54,59-42)43(51)44(52)48-20-14-13-15-34(48)45(53)58-41/h10,12,22-23,27,29,31-34,36-42,50,54H,11,13-21,24-26H2,1-9H3. The van der Waals surface area contributed by atoms with E-state index < -0.39 is 83.9 Å². The first-order valence-electron chi connectivity index (χ1n) is 22.0. The molecule has 3 heterocycles. The zero-order valence-electron chi connectivity index (χ0n) is 36.9. The van der Waals surface area contributed by atoms with Crippen molar-refractivity contribution in [2.45, 2.75) is 174 Å². The van der Waals surface area contributed by atoms with E-state index in [4.69, 9.17) is 23.7 Å². The number of piperidine rings is 1. The number of esters is 1. The number of aliphatic hydroxyl groups excluding tert-OH is 1. The Balaban J connectivity index is 1.74. The van der Waals surface area contributed by atoms with Crippen molar-refractivity contribution >= 4 is 23.4 Å². The van der Waals surface area contributed by atoms with Crippen molar-refractivity contribution in [3.05, 3.63) is 35.5 Å². The summed E-state index contributed by atoms with van der Waals surface area (Å²) in [5.41, 5.74) is 1.19. The van der Waals surface area contributed by atoms with Crippen molar-refractivity contribution in [1.82, 2.24) is 4.90 Å². The number of Topliss-reactive ketones (excluding diaryl/α,β-unsaturated/α-hetero) is 2. The summed E-state index contributed by atoms with van der Waals surface area (Å²) in [5, 5.41) is 22.7. The summed E-state index contributed by atoms with van der Waals surface area (Å²) in [4.78, 5) is 57.8. The number of ketones is 2. The minimum Gasteiger partial charge on any atom is -0.456 e. The number of methoxy groups -OCH3 is 2. The lowest BCUT2D eigenvalue weighted by Gasteiger charge is -2.47. The molecule has 0 aromatic rings. The third-order valence-electron chi connectivity index (χ3n) is 13.3. The fourth-order valence-corrected chi connectivity index (χ4v) is 9.50. The number of alkyl halides is 1. The first kappa shape index (κ1) is 48.9. The Labute approximate surface area is 351 Å². The van der Waals surface area contributed by atoms with E-state index in [9.17, 15) is 29.4 Å². The second-order valence-corrected chi connectivity index (χ2v) is 17.7. The van der Waals surface area contributed by atoms with Gasteiger partial charge in [-0.3, -0.25) is 14.4 Å².